The van der Waals surface area contributed by atoms with Crippen LogP contribution in [0, 0.1) is 5.92 Å². The SMILES string of the molecule is CCC(C)C(NC(=O)C(CCCN=C(N)N)NC(=O)C(C)NC(=O)C(N)CCCCN)C(=O)O. The molecule has 5 atom stereocenters. The van der Waals surface area contributed by atoms with Gasteiger partial charge in [0.05, 0.1) is 6.04 Å². The lowest BCUT2D eigenvalue weighted by atomic mass is 9.98. The van der Waals surface area contributed by atoms with Gasteiger partial charge in [-0.25, -0.2) is 4.79 Å². The Morgan fingerprint density at radius 1 is 0.912 bits per heavy atom. The van der Waals surface area contributed by atoms with E-state index >= 15 is 0 Å². The van der Waals surface area contributed by atoms with Gasteiger partial charge in [0.25, 0.3) is 0 Å². The van der Waals surface area contributed by atoms with Gasteiger partial charge in [0.15, 0.2) is 5.96 Å². The molecule has 13 heteroatoms. The van der Waals surface area contributed by atoms with E-state index in [1.807, 2.05) is 6.92 Å². The van der Waals surface area contributed by atoms with Crippen molar-refractivity contribution in [1.29, 1.82) is 0 Å². The molecular formula is C21H42N8O5. The minimum Gasteiger partial charge on any atom is -0.480 e. The number of guanidine groups is 1. The summed E-state index contributed by atoms with van der Waals surface area (Å²) in [6.45, 7) is 5.71. The molecule has 196 valence electrons. The maximum atomic E-state index is 12.8. The van der Waals surface area contributed by atoms with E-state index in [1.54, 1.807) is 6.92 Å². The van der Waals surface area contributed by atoms with Crippen LogP contribution in [0.2, 0.25) is 0 Å². The predicted octanol–water partition coefficient (Wildman–Crippen LogP) is -1.90. The Morgan fingerprint density at radius 2 is 1.56 bits per heavy atom. The van der Waals surface area contributed by atoms with Crippen LogP contribution in [0.25, 0.3) is 0 Å². The Hall–Kier alpha value is -2.93. The molecule has 0 bridgehead atoms. The fraction of sp³-hybridized carbons (Fsp3) is 0.762. The van der Waals surface area contributed by atoms with Gasteiger partial charge in [0.2, 0.25) is 17.7 Å². The van der Waals surface area contributed by atoms with Gasteiger partial charge in [0, 0.05) is 6.54 Å². The lowest BCUT2D eigenvalue weighted by Crippen LogP contribution is -2.57. The van der Waals surface area contributed by atoms with Crippen LogP contribution < -0.4 is 38.9 Å². The van der Waals surface area contributed by atoms with Crippen LogP contribution in [0.4, 0.5) is 0 Å². The number of nitrogens with one attached hydrogen (secondary N) is 3. The molecule has 13 nitrogen and oxygen atoms in total. The van der Waals surface area contributed by atoms with Crippen molar-refractivity contribution < 1.29 is 24.3 Å². The second-order valence-corrected chi connectivity index (χ2v) is 8.34. The molecule has 0 aromatic heterocycles. The van der Waals surface area contributed by atoms with Crippen LogP contribution >= 0.6 is 0 Å². The van der Waals surface area contributed by atoms with E-state index in [1.165, 1.54) is 6.92 Å². The topological polar surface area (TPSA) is 241 Å². The lowest BCUT2D eigenvalue weighted by molar-refractivity contribution is -0.143. The second kappa shape index (κ2) is 16.6. The number of aliphatic carboxylic acids is 1. The summed E-state index contributed by atoms with van der Waals surface area (Å²) in [5, 5.41) is 17.1. The minimum absolute atomic E-state index is 0.105. The first-order valence-corrected chi connectivity index (χ1v) is 11.6. The van der Waals surface area contributed by atoms with Gasteiger partial charge in [-0.2, -0.15) is 0 Å². The van der Waals surface area contributed by atoms with E-state index in [-0.39, 0.29) is 24.8 Å². The van der Waals surface area contributed by atoms with Gasteiger partial charge in [-0.15, -0.1) is 0 Å². The molecule has 12 N–H and O–H groups in total. The maximum absolute atomic E-state index is 12.8. The van der Waals surface area contributed by atoms with Crippen molar-refractivity contribution in [2.24, 2.45) is 33.8 Å². The van der Waals surface area contributed by atoms with Crippen molar-refractivity contribution in [3.05, 3.63) is 0 Å². The van der Waals surface area contributed by atoms with Crippen molar-refractivity contribution in [2.75, 3.05) is 13.1 Å². The fourth-order valence-corrected chi connectivity index (χ4v) is 3.03. The van der Waals surface area contributed by atoms with E-state index in [0.29, 0.717) is 32.2 Å². The van der Waals surface area contributed by atoms with E-state index in [4.69, 9.17) is 22.9 Å². The molecule has 34 heavy (non-hydrogen) atoms. The molecule has 0 fully saturated rings. The number of amides is 3. The van der Waals surface area contributed by atoms with E-state index < -0.39 is 47.9 Å². The van der Waals surface area contributed by atoms with Gasteiger partial charge in [-0.1, -0.05) is 26.7 Å². The fourth-order valence-electron chi connectivity index (χ4n) is 3.03. The zero-order chi connectivity index (χ0) is 26.3. The Kier molecular flexibility index (Phi) is 15.2. The number of carbonyl (C=O) groups is 4. The minimum atomic E-state index is -1.17. The number of nitrogens with two attached hydrogens (primary N) is 4. The van der Waals surface area contributed by atoms with Crippen LogP contribution in [-0.2, 0) is 19.2 Å². The van der Waals surface area contributed by atoms with Gasteiger partial charge >= 0.3 is 5.97 Å². The van der Waals surface area contributed by atoms with Gasteiger partial charge in [0.1, 0.15) is 18.1 Å². The van der Waals surface area contributed by atoms with Crippen LogP contribution in [0.1, 0.15) is 59.3 Å². The third-order valence-electron chi connectivity index (χ3n) is 5.41. The molecule has 0 rings (SSSR count). The maximum Gasteiger partial charge on any atom is 0.326 e. The number of carboxylic acid groups (broad SMARTS) is 1. The lowest BCUT2D eigenvalue weighted by Gasteiger charge is -2.25. The average molecular weight is 487 g/mol. The molecule has 0 spiro atoms. The Balaban J connectivity index is 5.21. The van der Waals surface area contributed by atoms with E-state index in [2.05, 4.69) is 20.9 Å². The first-order chi connectivity index (χ1) is 15.9. The van der Waals surface area contributed by atoms with Crippen LogP contribution in [0.3, 0.4) is 0 Å². The summed E-state index contributed by atoms with van der Waals surface area (Å²) in [7, 11) is 0. The highest BCUT2D eigenvalue weighted by molar-refractivity contribution is 5.93. The van der Waals surface area contributed by atoms with Crippen molar-refractivity contribution in [1.82, 2.24) is 16.0 Å². The summed E-state index contributed by atoms with van der Waals surface area (Å²) in [6, 6.07) is -3.92. The zero-order valence-electron chi connectivity index (χ0n) is 20.4. The van der Waals surface area contributed by atoms with Crippen LogP contribution in [0.5, 0.6) is 0 Å². The molecule has 5 unspecified atom stereocenters. The van der Waals surface area contributed by atoms with Crippen molar-refractivity contribution in [3.8, 4) is 0 Å². The summed E-state index contributed by atoms with van der Waals surface area (Å²) in [6.07, 6.45) is 2.89. The average Bonchev–Trinajstić information content (AvgIpc) is 2.77. The first kappa shape index (κ1) is 31.1. The largest absolute Gasteiger partial charge is 0.480 e. The number of unbranched alkanes of at least 4 members (excludes halogenated alkanes) is 1. The molecule has 0 heterocycles. The normalized spacial score (nSPS) is 15.2. The monoisotopic (exact) mass is 486 g/mol. The summed E-state index contributed by atoms with van der Waals surface area (Å²) in [5.41, 5.74) is 21.9. The molecule has 3 amide bonds. The molecule has 0 aliphatic carbocycles. The number of hydrogen-bond donors (Lipinski definition) is 8. The van der Waals surface area contributed by atoms with Crippen molar-refractivity contribution in [2.45, 2.75) is 83.5 Å². The predicted molar refractivity (Wildman–Crippen MR) is 129 cm³/mol. The molecule has 0 radical (unpaired) electrons. The second-order valence-electron chi connectivity index (χ2n) is 8.34. The number of hydrogen-bond acceptors (Lipinski definition) is 7. The summed E-state index contributed by atoms with van der Waals surface area (Å²) in [5.74, 6) is -3.35. The highest BCUT2D eigenvalue weighted by Gasteiger charge is 2.30. The Bertz CT molecular complexity index is 699. The number of aliphatic imine (C=N–C) groups is 1. The van der Waals surface area contributed by atoms with Gasteiger partial charge < -0.3 is 44.0 Å². The third kappa shape index (κ3) is 12.3. The summed E-state index contributed by atoms with van der Waals surface area (Å²) < 4.78 is 0. The summed E-state index contributed by atoms with van der Waals surface area (Å²) >= 11 is 0. The zero-order valence-corrected chi connectivity index (χ0v) is 20.4. The van der Waals surface area contributed by atoms with Crippen LogP contribution in [-0.4, -0.2) is 72.0 Å². The molecule has 0 aliphatic rings. The van der Waals surface area contributed by atoms with E-state index in [9.17, 15) is 24.3 Å². The first-order valence-electron chi connectivity index (χ1n) is 11.6. The molecule has 0 aromatic carbocycles. The quantitative estimate of drug-likeness (QED) is 0.0649. The van der Waals surface area contributed by atoms with Crippen molar-refractivity contribution in [3.63, 3.8) is 0 Å². The third-order valence-corrected chi connectivity index (χ3v) is 5.41. The smallest absolute Gasteiger partial charge is 0.326 e. The van der Waals surface area contributed by atoms with Gasteiger partial charge in [-0.05, 0) is 45.1 Å². The molecule has 0 aromatic rings. The Morgan fingerprint density at radius 3 is 2.09 bits per heavy atom. The highest BCUT2D eigenvalue weighted by Crippen LogP contribution is 2.09. The number of rotatable bonds is 17. The van der Waals surface area contributed by atoms with E-state index in [0.717, 1.165) is 6.42 Å². The Labute approximate surface area is 200 Å². The highest BCUT2D eigenvalue weighted by atomic mass is 16.4. The number of nitrogens with zero attached hydrogens (tertiary/aromatic N) is 1. The molecular weight excluding hydrogens is 444 g/mol. The molecule has 0 saturated heterocycles. The van der Waals surface area contributed by atoms with Crippen molar-refractivity contribution >= 4 is 29.7 Å². The molecule has 0 aliphatic heterocycles. The molecule has 0 saturated carbocycles. The standard InChI is InChI=1S/C21H42N8O5/c1-4-12(2)16(20(33)34)29-19(32)15(9-7-11-26-21(24)25)28-17(30)13(3)27-18(31)14(23)8-5-6-10-22/h12-16H,4-11,22-23H2,1-3H3,(H,27,31)(H,28,30)(H,29,32)(H,33,34)(H4,24,25,26). The summed E-state index contributed by atoms with van der Waals surface area (Å²) in [4.78, 5) is 53.2. The number of carbonyl (C=O) groups excluding carboxylic acids is 3. The number of carboxylic acids is 1. The van der Waals surface area contributed by atoms with Crippen LogP contribution in [0.15, 0.2) is 4.99 Å². The van der Waals surface area contributed by atoms with Gasteiger partial charge in [-0.3, -0.25) is 19.4 Å².